The third kappa shape index (κ3) is 5.04. The lowest BCUT2D eigenvalue weighted by Gasteiger charge is -2.34. The molecule has 9 aromatic carbocycles. The molecule has 4 aliphatic rings. The summed E-state index contributed by atoms with van der Waals surface area (Å²) in [5, 5.41) is 2.44. The molecule has 9 aromatic rings. The molecule has 1 spiro atoms. The minimum Gasteiger partial charge on any atom is -0.341 e. The summed E-state index contributed by atoms with van der Waals surface area (Å²) in [4.78, 5) is 4.98. The second kappa shape index (κ2) is 13.7. The second-order valence-corrected chi connectivity index (χ2v) is 17.1. The summed E-state index contributed by atoms with van der Waals surface area (Å²) >= 11 is 0. The zero-order valence-electron chi connectivity index (χ0n) is 34.3. The van der Waals surface area contributed by atoms with Crippen molar-refractivity contribution in [2.24, 2.45) is 0 Å². The van der Waals surface area contributed by atoms with E-state index >= 15 is 0 Å². The minimum atomic E-state index is -0.435. The van der Waals surface area contributed by atoms with E-state index in [9.17, 15) is 0 Å². The number of anilines is 5. The summed E-state index contributed by atoms with van der Waals surface area (Å²) in [5.74, 6) is 0. The molecule has 0 saturated carbocycles. The highest BCUT2D eigenvalue weighted by Crippen LogP contribution is 2.63. The molecule has 0 amide bonds. The SMILES string of the molecule is C(=Cc1cccc2c(N3c4ccccc4C=Cc4ccccc43)cccc12)c1ccc2c(c1)C1(c3ccccc3-c3ccccc31)c1cc(N3CCCc4ccccc43)ccc1-2. The summed E-state index contributed by atoms with van der Waals surface area (Å²) in [6, 6.07) is 72.6. The van der Waals surface area contributed by atoms with Crippen molar-refractivity contribution in [3.05, 3.63) is 244 Å². The van der Waals surface area contributed by atoms with Crippen molar-refractivity contribution in [2.75, 3.05) is 16.3 Å². The van der Waals surface area contributed by atoms with Gasteiger partial charge < -0.3 is 9.80 Å². The maximum atomic E-state index is 2.55. The van der Waals surface area contributed by atoms with Crippen molar-refractivity contribution in [1.29, 1.82) is 0 Å². The van der Waals surface area contributed by atoms with E-state index in [0.29, 0.717) is 0 Å². The van der Waals surface area contributed by atoms with Crippen LogP contribution in [0.4, 0.5) is 28.4 Å². The Hall–Kier alpha value is -7.68. The molecule has 2 heteroatoms. The molecule has 62 heavy (non-hydrogen) atoms. The Bertz CT molecular complexity index is 3270. The lowest BCUT2D eigenvalue weighted by atomic mass is 9.70. The van der Waals surface area contributed by atoms with Crippen molar-refractivity contribution in [2.45, 2.75) is 18.3 Å². The molecular formula is C60H42N2. The van der Waals surface area contributed by atoms with Gasteiger partial charge in [-0.15, -0.1) is 0 Å². The van der Waals surface area contributed by atoms with Crippen molar-refractivity contribution in [1.82, 2.24) is 0 Å². The van der Waals surface area contributed by atoms with Crippen LogP contribution in [0.2, 0.25) is 0 Å². The van der Waals surface area contributed by atoms with Gasteiger partial charge in [0, 0.05) is 23.3 Å². The largest absolute Gasteiger partial charge is 0.341 e. The summed E-state index contributed by atoms with van der Waals surface area (Å²) < 4.78 is 0. The van der Waals surface area contributed by atoms with E-state index in [-0.39, 0.29) is 0 Å². The van der Waals surface area contributed by atoms with Crippen LogP contribution in [0, 0.1) is 0 Å². The third-order valence-electron chi connectivity index (χ3n) is 13.9. The molecule has 0 aromatic heterocycles. The Labute approximate surface area is 363 Å². The topological polar surface area (TPSA) is 6.48 Å². The number of hydrogen-bond donors (Lipinski definition) is 0. The molecule has 292 valence electrons. The summed E-state index contributed by atoms with van der Waals surface area (Å²) in [7, 11) is 0. The highest BCUT2D eigenvalue weighted by atomic mass is 15.2. The van der Waals surface area contributed by atoms with Gasteiger partial charge in [-0.2, -0.15) is 0 Å². The van der Waals surface area contributed by atoms with Gasteiger partial charge in [0.1, 0.15) is 0 Å². The fraction of sp³-hybridized carbons (Fsp3) is 0.0667. The van der Waals surface area contributed by atoms with Gasteiger partial charge in [0.25, 0.3) is 0 Å². The van der Waals surface area contributed by atoms with Crippen molar-refractivity contribution in [3.8, 4) is 22.3 Å². The molecule has 13 rings (SSSR count). The first-order chi connectivity index (χ1) is 30.8. The molecule has 0 atom stereocenters. The number of nitrogens with zero attached hydrogens (tertiary/aromatic N) is 2. The zero-order chi connectivity index (χ0) is 40.8. The standard InChI is InChI=1S/C60H42N2/c1-8-25-56-42(14-1)18-13-37-61(56)45-34-36-50-49-35-30-40(38-54(49)60(55(50)39-45)52-23-6-4-19-47(52)48-20-5-7-24-53(48)60)29-31-41-17-11-22-51-46(41)21-12-28-59(51)62-57-26-9-2-15-43(57)32-33-44-16-3-10-27-58(44)62/h1-12,14-17,19-36,38-39H,13,18,37H2. The van der Waals surface area contributed by atoms with Gasteiger partial charge in [-0.05, 0) is 133 Å². The molecule has 0 radical (unpaired) electrons. The van der Waals surface area contributed by atoms with Crippen LogP contribution in [0.3, 0.4) is 0 Å². The van der Waals surface area contributed by atoms with E-state index in [2.05, 4.69) is 228 Å². The third-order valence-corrected chi connectivity index (χ3v) is 13.9. The van der Waals surface area contributed by atoms with Gasteiger partial charge in [0.05, 0.1) is 22.5 Å². The van der Waals surface area contributed by atoms with Crippen LogP contribution in [-0.2, 0) is 11.8 Å². The first-order valence-corrected chi connectivity index (χ1v) is 22.0. The van der Waals surface area contributed by atoms with Gasteiger partial charge in [0.2, 0.25) is 0 Å². The van der Waals surface area contributed by atoms with Gasteiger partial charge >= 0.3 is 0 Å². The normalized spacial score (nSPS) is 14.8. The van der Waals surface area contributed by atoms with Gasteiger partial charge in [-0.25, -0.2) is 0 Å². The number of aryl methyl sites for hydroxylation is 1. The average Bonchev–Trinajstić information content (AvgIpc) is 3.72. The van der Waals surface area contributed by atoms with E-state index < -0.39 is 5.41 Å². The Morgan fingerprint density at radius 3 is 1.76 bits per heavy atom. The van der Waals surface area contributed by atoms with Crippen molar-refractivity contribution >= 4 is 63.5 Å². The molecule has 0 unspecified atom stereocenters. The lowest BCUT2D eigenvalue weighted by Crippen LogP contribution is -2.27. The first-order valence-electron chi connectivity index (χ1n) is 22.0. The van der Waals surface area contributed by atoms with Crippen LogP contribution >= 0.6 is 0 Å². The van der Waals surface area contributed by atoms with E-state index in [1.165, 1.54) is 112 Å². The molecular weight excluding hydrogens is 749 g/mol. The Morgan fingerprint density at radius 1 is 0.419 bits per heavy atom. The number of hydrogen-bond acceptors (Lipinski definition) is 2. The fourth-order valence-corrected chi connectivity index (χ4v) is 11.3. The monoisotopic (exact) mass is 790 g/mol. The van der Waals surface area contributed by atoms with Gasteiger partial charge in [0.15, 0.2) is 0 Å². The molecule has 0 bridgehead atoms. The molecule has 2 aliphatic carbocycles. The minimum absolute atomic E-state index is 0.435. The van der Waals surface area contributed by atoms with Crippen molar-refractivity contribution < 1.29 is 0 Å². The smallest absolute Gasteiger partial charge is 0.0726 e. The van der Waals surface area contributed by atoms with E-state index in [0.717, 1.165) is 19.4 Å². The summed E-state index contributed by atoms with van der Waals surface area (Å²) in [6.45, 7) is 1.02. The maximum absolute atomic E-state index is 2.55. The fourth-order valence-electron chi connectivity index (χ4n) is 11.3. The second-order valence-electron chi connectivity index (χ2n) is 17.1. The molecule has 2 heterocycles. The quantitative estimate of drug-likeness (QED) is 0.164. The Morgan fingerprint density at radius 2 is 1.00 bits per heavy atom. The highest BCUT2D eigenvalue weighted by molar-refractivity contribution is 6.06. The zero-order valence-corrected chi connectivity index (χ0v) is 34.3. The first kappa shape index (κ1) is 35.1. The van der Waals surface area contributed by atoms with Crippen LogP contribution in [0.5, 0.6) is 0 Å². The van der Waals surface area contributed by atoms with Crippen LogP contribution in [0.15, 0.2) is 194 Å². The van der Waals surface area contributed by atoms with Gasteiger partial charge in [-0.1, -0.05) is 176 Å². The Kier molecular flexibility index (Phi) is 7.74. The summed E-state index contributed by atoms with van der Waals surface area (Å²) in [5.41, 5.74) is 22.7. The molecule has 2 nitrogen and oxygen atoms in total. The number of fused-ring (bicyclic) bond motifs is 14. The number of para-hydroxylation sites is 3. The van der Waals surface area contributed by atoms with Crippen LogP contribution < -0.4 is 9.80 Å². The number of benzene rings is 9. The molecule has 0 fully saturated rings. The molecule has 2 aliphatic heterocycles. The van der Waals surface area contributed by atoms with E-state index in [4.69, 9.17) is 0 Å². The van der Waals surface area contributed by atoms with Crippen molar-refractivity contribution in [3.63, 3.8) is 0 Å². The van der Waals surface area contributed by atoms with Gasteiger partial charge in [-0.3, -0.25) is 0 Å². The summed E-state index contributed by atoms with van der Waals surface area (Å²) in [6.07, 6.45) is 11.4. The predicted octanol–water partition coefficient (Wildman–Crippen LogP) is 15.4. The average molecular weight is 791 g/mol. The molecule has 0 N–H and O–H groups in total. The molecule has 0 saturated heterocycles. The van der Waals surface area contributed by atoms with E-state index in [1.807, 2.05) is 0 Å². The van der Waals surface area contributed by atoms with Crippen LogP contribution in [0.1, 0.15) is 56.5 Å². The van der Waals surface area contributed by atoms with Crippen LogP contribution in [-0.4, -0.2) is 6.54 Å². The van der Waals surface area contributed by atoms with Crippen LogP contribution in [0.25, 0.3) is 57.3 Å². The Balaban J connectivity index is 0.954. The van der Waals surface area contributed by atoms with E-state index in [1.54, 1.807) is 0 Å². The number of rotatable bonds is 4. The highest BCUT2D eigenvalue weighted by Gasteiger charge is 2.51. The predicted molar refractivity (Wildman–Crippen MR) is 261 cm³/mol. The maximum Gasteiger partial charge on any atom is 0.0726 e. The lowest BCUT2D eigenvalue weighted by molar-refractivity contribution is 0.762.